The minimum atomic E-state index is -0.143. The fraction of sp³-hybridized carbons (Fsp3) is 0.368. The second-order valence-corrected chi connectivity index (χ2v) is 6.18. The Balaban J connectivity index is 1.70. The fourth-order valence-corrected chi connectivity index (χ4v) is 3.10. The molecule has 4 nitrogen and oxygen atoms in total. The first-order chi connectivity index (χ1) is 11.1. The smallest absolute Gasteiger partial charge is 0.271 e. The molecule has 1 aliphatic carbocycles. The van der Waals surface area contributed by atoms with E-state index in [0.717, 1.165) is 24.2 Å². The van der Waals surface area contributed by atoms with Crippen molar-refractivity contribution in [3.63, 3.8) is 0 Å². The van der Waals surface area contributed by atoms with Gasteiger partial charge in [-0.3, -0.25) is 4.79 Å². The van der Waals surface area contributed by atoms with Crippen LogP contribution in [0.3, 0.4) is 0 Å². The number of hydrogen-bond acceptors (Lipinski definition) is 2. The van der Waals surface area contributed by atoms with E-state index >= 15 is 0 Å². The summed E-state index contributed by atoms with van der Waals surface area (Å²) >= 11 is 0. The number of aryl methyl sites for hydroxylation is 2. The topological polar surface area (TPSA) is 46.4 Å². The lowest BCUT2D eigenvalue weighted by Crippen LogP contribution is -2.20. The van der Waals surface area contributed by atoms with E-state index in [2.05, 4.69) is 41.1 Å². The molecule has 0 aliphatic heterocycles. The van der Waals surface area contributed by atoms with Crippen LogP contribution in [0.25, 0.3) is 5.69 Å². The lowest BCUT2D eigenvalue weighted by molar-refractivity contribution is 0.0954. The van der Waals surface area contributed by atoms with Gasteiger partial charge >= 0.3 is 0 Å². The molecule has 1 aliphatic rings. The van der Waals surface area contributed by atoms with E-state index in [0.29, 0.717) is 5.56 Å². The summed E-state index contributed by atoms with van der Waals surface area (Å²) in [4.78, 5) is 12.2. The fourth-order valence-electron chi connectivity index (χ4n) is 3.10. The number of nitrogens with one attached hydrogen (secondary N) is 1. The lowest BCUT2D eigenvalue weighted by Gasteiger charge is -2.12. The van der Waals surface area contributed by atoms with Crippen molar-refractivity contribution in [2.24, 2.45) is 5.10 Å². The molecule has 0 bridgehead atoms. The Morgan fingerprint density at radius 1 is 0.957 bits per heavy atom. The molecule has 1 fully saturated rings. The monoisotopic (exact) mass is 309 g/mol. The average Bonchev–Trinajstić information content (AvgIpc) is 2.92. The van der Waals surface area contributed by atoms with E-state index in [1.165, 1.54) is 30.7 Å². The largest absolute Gasteiger partial charge is 0.319 e. The Morgan fingerprint density at radius 3 is 2.17 bits per heavy atom. The summed E-state index contributed by atoms with van der Waals surface area (Å²) in [5, 5.41) is 4.27. The highest BCUT2D eigenvalue weighted by Gasteiger charge is 2.10. The molecular weight excluding hydrogens is 286 g/mol. The van der Waals surface area contributed by atoms with E-state index in [9.17, 15) is 4.79 Å². The normalized spacial score (nSPS) is 14.6. The molecule has 0 radical (unpaired) electrons. The molecule has 0 atom stereocenters. The third kappa shape index (κ3) is 3.52. The van der Waals surface area contributed by atoms with Crippen LogP contribution in [-0.2, 0) is 0 Å². The van der Waals surface area contributed by atoms with E-state index in [4.69, 9.17) is 0 Å². The minimum Gasteiger partial charge on any atom is -0.319 e. The molecule has 23 heavy (non-hydrogen) atoms. The number of hydrogen-bond donors (Lipinski definition) is 1. The van der Waals surface area contributed by atoms with Gasteiger partial charge < -0.3 is 4.57 Å². The maximum atomic E-state index is 12.2. The number of carbonyl (C=O) groups excluding carboxylic acids is 1. The summed E-state index contributed by atoms with van der Waals surface area (Å²) in [6.45, 7) is 4.15. The zero-order chi connectivity index (χ0) is 16.2. The summed E-state index contributed by atoms with van der Waals surface area (Å²) in [7, 11) is 0. The van der Waals surface area contributed by atoms with E-state index in [1.807, 2.05) is 24.3 Å². The van der Waals surface area contributed by atoms with Crippen molar-refractivity contribution in [2.45, 2.75) is 46.0 Å². The third-order valence-corrected chi connectivity index (χ3v) is 4.41. The minimum absolute atomic E-state index is 0.143. The maximum absolute atomic E-state index is 12.2. The molecule has 1 saturated carbocycles. The average molecular weight is 309 g/mol. The Morgan fingerprint density at radius 2 is 1.57 bits per heavy atom. The quantitative estimate of drug-likeness (QED) is 0.851. The molecule has 1 aromatic heterocycles. The van der Waals surface area contributed by atoms with Crippen molar-refractivity contribution < 1.29 is 4.79 Å². The van der Waals surface area contributed by atoms with Crippen molar-refractivity contribution in [3.05, 3.63) is 53.3 Å². The van der Waals surface area contributed by atoms with Crippen LogP contribution in [-0.4, -0.2) is 16.2 Å². The number of rotatable bonds is 3. The molecule has 2 aromatic rings. The summed E-state index contributed by atoms with van der Waals surface area (Å²) in [5.41, 5.74) is 7.87. The van der Waals surface area contributed by atoms with Gasteiger partial charge in [-0.2, -0.15) is 5.10 Å². The zero-order valence-corrected chi connectivity index (χ0v) is 13.8. The molecule has 1 aromatic carbocycles. The standard InChI is InChI=1S/C19H23N3O/c1-14-8-9-15(2)22(14)18-12-10-16(11-13-18)19(23)21-20-17-6-4-3-5-7-17/h8-13H,3-7H2,1-2H3,(H,21,23). The number of benzene rings is 1. The molecule has 0 spiro atoms. The SMILES string of the molecule is Cc1ccc(C)n1-c1ccc(C(=O)NN=C2CCCCC2)cc1. The summed E-state index contributed by atoms with van der Waals surface area (Å²) < 4.78 is 2.17. The highest BCUT2D eigenvalue weighted by Crippen LogP contribution is 2.17. The number of nitrogens with zero attached hydrogens (tertiary/aromatic N) is 2. The van der Waals surface area contributed by atoms with Gasteiger partial charge in [-0.15, -0.1) is 0 Å². The van der Waals surface area contributed by atoms with Gasteiger partial charge in [0, 0.05) is 28.4 Å². The molecule has 0 unspecified atom stereocenters. The van der Waals surface area contributed by atoms with Crippen molar-refractivity contribution >= 4 is 11.6 Å². The summed E-state index contributed by atoms with van der Waals surface area (Å²) in [5.74, 6) is -0.143. The summed E-state index contributed by atoms with van der Waals surface area (Å²) in [6, 6.07) is 11.8. The third-order valence-electron chi connectivity index (χ3n) is 4.41. The van der Waals surface area contributed by atoms with Crippen LogP contribution in [0.2, 0.25) is 0 Å². The highest BCUT2D eigenvalue weighted by atomic mass is 16.2. The van der Waals surface area contributed by atoms with Gasteiger partial charge in [0.25, 0.3) is 5.91 Å². The maximum Gasteiger partial charge on any atom is 0.271 e. The van der Waals surface area contributed by atoms with Gasteiger partial charge in [0.05, 0.1) is 0 Å². The Bertz CT molecular complexity index is 698. The van der Waals surface area contributed by atoms with Gasteiger partial charge in [0.1, 0.15) is 0 Å². The van der Waals surface area contributed by atoms with E-state index in [1.54, 1.807) is 0 Å². The van der Waals surface area contributed by atoms with Crippen LogP contribution in [0, 0.1) is 13.8 Å². The number of hydrazone groups is 1. The molecule has 0 saturated heterocycles. The second kappa shape index (κ2) is 6.82. The second-order valence-electron chi connectivity index (χ2n) is 6.18. The zero-order valence-electron chi connectivity index (χ0n) is 13.8. The number of aromatic nitrogens is 1. The lowest BCUT2D eigenvalue weighted by atomic mass is 9.99. The van der Waals surface area contributed by atoms with Crippen molar-refractivity contribution in [2.75, 3.05) is 0 Å². The molecule has 1 amide bonds. The van der Waals surface area contributed by atoms with E-state index < -0.39 is 0 Å². The highest BCUT2D eigenvalue weighted by molar-refractivity contribution is 5.95. The van der Waals surface area contributed by atoms with E-state index in [-0.39, 0.29) is 5.91 Å². The van der Waals surface area contributed by atoms with Crippen LogP contribution in [0.4, 0.5) is 0 Å². The molecule has 4 heteroatoms. The Labute approximate surface area is 137 Å². The Hall–Kier alpha value is -2.36. The van der Waals surface area contributed by atoms with Gasteiger partial charge in [0.2, 0.25) is 0 Å². The first-order valence-electron chi connectivity index (χ1n) is 8.26. The number of carbonyl (C=O) groups is 1. The van der Waals surface area contributed by atoms with Gasteiger partial charge in [-0.05, 0) is 75.9 Å². The van der Waals surface area contributed by atoms with Crippen LogP contribution in [0.5, 0.6) is 0 Å². The number of amides is 1. The molecular formula is C19H23N3O. The van der Waals surface area contributed by atoms with Gasteiger partial charge in [-0.1, -0.05) is 6.42 Å². The molecule has 1 N–H and O–H groups in total. The van der Waals surface area contributed by atoms with Crippen molar-refractivity contribution in [1.82, 2.24) is 9.99 Å². The molecule has 3 rings (SSSR count). The first kappa shape index (κ1) is 15.5. The summed E-state index contributed by atoms with van der Waals surface area (Å²) in [6.07, 6.45) is 5.64. The Kier molecular flexibility index (Phi) is 4.60. The van der Waals surface area contributed by atoms with Crippen LogP contribution in [0.15, 0.2) is 41.5 Å². The van der Waals surface area contributed by atoms with Crippen molar-refractivity contribution in [1.29, 1.82) is 0 Å². The predicted octanol–water partition coefficient (Wildman–Crippen LogP) is 4.14. The van der Waals surface area contributed by atoms with Crippen LogP contribution < -0.4 is 5.43 Å². The van der Waals surface area contributed by atoms with Gasteiger partial charge in [0.15, 0.2) is 0 Å². The van der Waals surface area contributed by atoms with Crippen molar-refractivity contribution in [3.8, 4) is 5.69 Å². The molecule has 120 valence electrons. The van der Waals surface area contributed by atoms with Crippen LogP contribution >= 0.6 is 0 Å². The predicted molar refractivity (Wildman–Crippen MR) is 93.2 cm³/mol. The van der Waals surface area contributed by atoms with Gasteiger partial charge in [-0.25, -0.2) is 5.43 Å². The first-order valence-corrected chi connectivity index (χ1v) is 8.26. The molecule has 1 heterocycles. The van der Waals surface area contributed by atoms with Crippen LogP contribution in [0.1, 0.15) is 53.8 Å².